The molecule has 0 aliphatic carbocycles. The Bertz CT molecular complexity index is 1230. The summed E-state index contributed by atoms with van der Waals surface area (Å²) in [6.07, 6.45) is 4.19. The maximum absolute atomic E-state index is 13.0. The van der Waals surface area contributed by atoms with Crippen molar-refractivity contribution in [3.8, 4) is 0 Å². The number of benzene rings is 3. The predicted molar refractivity (Wildman–Crippen MR) is 137 cm³/mol. The van der Waals surface area contributed by atoms with Crippen molar-refractivity contribution < 1.29 is 8.42 Å². The average Bonchev–Trinajstić information content (AvgIpc) is 3.05. The summed E-state index contributed by atoms with van der Waals surface area (Å²) < 4.78 is 27.7. The molecule has 1 saturated heterocycles. The highest BCUT2D eigenvalue weighted by Crippen LogP contribution is 2.42. The van der Waals surface area contributed by atoms with Gasteiger partial charge in [-0.05, 0) is 49.0 Å². The monoisotopic (exact) mass is 483 g/mol. The standard InChI is InChI=1S/C26H30ClN3O2S/c27-22-11-3-4-12-23(22)29-19-17-28(18-20-29)15-5-1-2-6-16-30-24-13-7-9-21-10-8-14-25(26(21)24)33(30,31)32/h3-4,7-14H,1-2,5-6,15-20H2. The summed E-state index contributed by atoms with van der Waals surface area (Å²) >= 11 is 6.34. The van der Waals surface area contributed by atoms with E-state index >= 15 is 0 Å². The SMILES string of the molecule is O=S1(=O)c2cccc3cccc(c23)N1CCCCCCN1CCN(c2ccccc2Cl)CC1. The van der Waals surface area contributed by atoms with Gasteiger partial charge in [-0.3, -0.25) is 9.21 Å². The molecule has 174 valence electrons. The lowest BCUT2D eigenvalue weighted by Crippen LogP contribution is -2.46. The Hall–Kier alpha value is -2.28. The first-order chi connectivity index (χ1) is 16.1. The van der Waals surface area contributed by atoms with Gasteiger partial charge in [0, 0.05) is 38.1 Å². The minimum Gasteiger partial charge on any atom is -0.368 e. The smallest absolute Gasteiger partial charge is 0.265 e. The first kappa shape index (κ1) is 22.5. The van der Waals surface area contributed by atoms with Gasteiger partial charge in [-0.2, -0.15) is 0 Å². The molecule has 2 heterocycles. The van der Waals surface area contributed by atoms with Crippen molar-refractivity contribution in [2.24, 2.45) is 0 Å². The third kappa shape index (κ3) is 4.44. The largest absolute Gasteiger partial charge is 0.368 e. The lowest BCUT2D eigenvalue weighted by Gasteiger charge is -2.36. The zero-order valence-corrected chi connectivity index (χ0v) is 20.4. The number of hydrogen-bond donors (Lipinski definition) is 0. The predicted octanol–water partition coefficient (Wildman–Crippen LogP) is 5.38. The molecule has 0 saturated carbocycles. The second-order valence-corrected chi connectivity index (χ2v) is 11.1. The van der Waals surface area contributed by atoms with Crippen molar-refractivity contribution in [1.82, 2.24) is 4.90 Å². The van der Waals surface area contributed by atoms with Crippen LogP contribution in [-0.2, 0) is 10.0 Å². The third-order valence-corrected chi connectivity index (χ3v) is 9.01. The van der Waals surface area contributed by atoms with E-state index in [0.717, 1.165) is 85.6 Å². The van der Waals surface area contributed by atoms with E-state index in [4.69, 9.17) is 11.6 Å². The first-order valence-electron chi connectivity index (χ1n) is 11.8. The number of hydrogen-bond acceptors (Lipinski definition) is 4. The molecule has 0 amide bonds. The molecule has 3 aromatic carbocycles. The van der Waals surface area contributed by atoms with Crippen LogP contribution in [0.3, 0.4) is 0 Å². The van der Waals surface area contributed by atoms with Crippen molar-refractivity contribution in [2.75, 3.05) is 48.5 Å². The van der Waals surface area contributed by atoms with Crippen molar-refractivity contribution in [3.05, 3.63) is 65.7 Å². The maximum Gasteiger partial charge on any atom is 0.265 e. The third-order valence-electron chi connectivity index (χ3n) is 6.83. The molecular weight excluding hydrogens is 454 g/mol. The molecule has 0 atom stereocenters. The number of unbranched alkanes of at least 4 members (excludes halogenated alkanes) is 3. The summed E-state index contributed by atoms with van der Waals surface area (Å²) in [6.45, 7) is 5.76. The average molecular weight is 484 g/mol. The van der Waals surface area contributed by atoms with E-state index in [1.54, 1.807) is 10.4 Å². The summed E-state index contributed by atoms with van der Waals surface area (Å²) in [5.41, 5.74) is 1.97. The van der Waals surface area contributed by atoms with E-state index in [1.165, 1.54) is 0 Å². The van der Waals surface area contributed by atoms with Gasteiger partial charge in [0.1, 0.15) is 0 Å². The zero-order chi connectivity index (χ0) is 22.8. The van der Waals surface area contributed by atoms with Gasteiger partial charge in [-0.1, -0.05) is 60.8 Å². The van der Waals surface area contributed by atoms with Gasteiger partial charge < -0.3 is 4.90 Å². The fourth-order valence-electron chi connectivity index (χ4n) is 5.06. The van der Waals surface area contributed by atoms with E-state index < -0.39 is 10.0 Å². The zero-order valence-electron chi connectivity index (χ0n) is 18.8. The van der Waals surface area contributed by atoms with E-state index in [0.29, 0.717) is 11.4 Å². The second-order valence-electron chi connectivity index (χ2n) is 8.90. The summed E-state index contributed by atoms with van der Waals surface area (Å²) in [6, 6.07) is 19.5. The maximum atomic E-state index is 13.0. The number of sulfonamides is 1. The van der Waals surface area contributed by atoms with Crippen LogP contribution in [0, 0.1) is 0 Å². The number of piperazine rings is 1. The number of para-hydroxylation sites is 1. The van der Waals surface area contributed by atoms with Crippen LogP contribution < -0.4 is 9.21 Å². The topological polar surface area (TPSA) is 43.9 Å². The van der Waals surface area contributed by atoms with Gasteiger partial charge in [0.15, 0.2) is 0 Å². The second kappa shape index (κ2) is 9.53. The van der Waals surface area contributed by atoms with Crippen LogP contribution in [0.5, 0.6) is 0 Å². The molecule has 2 aliphatic rings. The Morgan fingerprint density at radius 3 is 2.15 bits per heavy atom. The van der Waals surface area contributed by atoms with Crippen LogP contribution in [0.2, 0.25) is 5.02 Å². The van der Waals surface area contributed by atoms with E-state index in [1.807, 2.05) is 48.5 Å². The molecule has 0 bridgehead atoms. The summed E-state index contributed by atoms with van der Waals surface area (Å²) in [5, 5.41) is 2.69. The number of rotatable bonds is 8. The van der Waals surface area contributed by atoms with Crippen LogP contribution >= 0.6 is 11.6 Å². The molecule has 33 heavy (non-hydrogen) atoms. The molecule has 7 heteroatoms. The van der Waals surface area contributed by atoms with E-state index in [9.17, 15) is 8.42 Å². The van der Waals surface area contributed by atoms with E-state index in [-0.39, 0.29) is 0 Å². The Kier molecular flexibility index (Phi) is 6.50. The molecule has 0 spiro atoms. The van der Waals surface area contributed by atoms with Crippen molar-refractivity contribution >= 4 is 43.8 Å². The van der Waals surface area contributed by atoms with Gasteiger partial charge in [0.25, 0.3) is 10.0 Å². The highest BCUT2D eigenvalue weighted by Gasteiger charge is 2.34. The minimum absolute atomic E-state index is 0.450. The Morgan fingerprint density at radius 1 is 0.727 bits per heavy atom. The van der Waals surface area contributed by atoms with Crippen LogP contribution in [0.1, 0.15) is 25.7 Å². The highest BCUT2D eigenvalue weighted by molar-refractivity contribution is 7.93. The van der Waals surface area contributed by atoms with Crippen LogP contribution in [0.25, 0.3) is 10.8 Å². The summed E-state index contributed by atoms with van der Waals surface area (Å²) in [4.78, 5) is 5.34. The van der Waals surface area contributed by atoms with Crippen molar-refractivity contribution in [1.29, 1.82) is 0 Å². The quantitative estimate of drug-likeness (QED) is 0.403. The minimum atomic E-state index is -3.43. The van der Waals surface area contributed by atoms with Crippen LogP contribution in [-0.4, -0.2) is 52.6 Å². The van der Waals surface area contributed by atoms with Gasteiger partial charge in [-0.25, -0.2) is 8.42 Å². The molecule has 5 nitrogen and oxygen atoms in total. The summed E-state index contributed by atoms with van der Waals surface area (Å²) in [5.74, 6) is 0. The van der Waals surface area contributed by atoms with Crippen LogP contribution in [0.15, 0.2) is 65.6 Å². The first-order valence-corrected chi connectivity index (χ1v) is 13.6. The molecule has 5 rings (SSSR count). The molecule has 2 aliphatic heterocycles. The molecular formula is C26H30ClN3O2S. The van der Waals surface area contributed by atoms with Gasteiger partial charge in [0.2, 0.25) is 0 Å². The Balaban J connectivity index is 1.06. The summed E-state index contributed by atoms with van der Waals surface area (Å²) in [7, 11) is -3.43. The molecule has 0 aromatic heterocycles. The Labute approximate surface area is 201 Å². The molecule has 1 fully saturated rings. The van der Waals surface area contributed by atoms with Gasteiger partial charge in [-0.15, -0.1) is 0 Å². The van der Waals surface area contributed by atoms with Gasteiger partial charge >= 0.3 is 0 Å². The number of nitrogens with zero attached hydrogens (tertiary/aromatic N) is 3. The molecule has 0 N–H and O–H groups in total. The van der Waals surface area contributed by atoms with Gasteiger partial charge in [0.05, 0.1) is 21.3 Å². The van der Waals surface area contributed by atoms with Crippen LogP contribution in [0.4, 0.5) is 11.4 Å². The fourth-order valence-corrected chi connectivity index (χ4v) is 7.07. The Morgan fingerprint density at radius 2 is 1.39 bits per heavy atom. The van der Waals surface area contributed by atoms with E-state index in [2.05, 4.69) is 15.9 Å². The fraction of sp³-hybridized carbons (Fsp3) is 0.385. The normalized spacial score (nSPS) is 17.7. The molecule has 3 aromatic rings. The molecule has 0 radical (unpaired) electrons. The van der Waals surface area contributed by atoms with Crippen molar-refractivity contribution in [2.45, 2.75) is 30.6 Å². The number of halogens is 1. The lowest BCUT2D eigenvalue weighted by molar-refractivity contribution is 0.252. The number of anilines is 2. The lowest BCUT2D eigenvalue weighted by atomic mass is 10.1. The highest BCUT2D eigenvalue weighted by atomic mass is 35.5. The van der Waals surface area contributed by atoms with Crippen molar-refractivity contribution in [3.63, 3.8) is 0 Å². The molecule has 0 unspecified atom stereocenters.